The van der Waals surface area contributed by atoms with Crippen LogP contribution in [0.2, 0.25) is 5.02 Å². The Bertz CT molecular complexity index is 1390. The van der Waals surface area contributed by atoms with Gasteiger partial charge < -0.3 is 14.6 Å². The predicted molar refractivity (Wildman–Crippen MR) is 149 cm³/mol. The van der Waals surface area contributed by atoms with E-state index in [1.54, 1.807) is 75.4 Å². The number of carbonyl (C=O) groups excluding carboxylic acids is 4. The van der Waals surface area contributed by atoms with Crippen LogP contribution in [0, 0.1) is 5.82 Å². The summed E-state index contributed by atoms with van der Waals surface area (Å²) >= 11 is 5.99. The highest BCUT2D eigenvalue weighted by Gasteiger charge is 2.27. The first-order chi connectivity index (χ1) is 19.3. The third-order valence-electron chi connectivity index (χ3n) is 5.52. The number of rotatable bonds is 10. The molecule has 0 radical (unpaired) electrons. The van der Waals surface area contributed by atoms with Crippen LogP contribution in [0.5, 0.6) is 0 Å². The zero-order chi connectivity index (χ0) is 30.2. The highest BCUT2D eigenvalue weighted by atomic mass is 35.5. The second-order valence-corrected chi connectivity index (χ2v) is 10.5. The van der Waals surface area contributed by atoms with Crippen molar-refractivity contribution >= 4 is 35.2 Å². The minimum Gasteiger partial charge on any atom is -0.455 e. The Morgan fingerprint density at radius 3 is 2.29 bits per heavy atom. The first kappa shape index (κ1) is 31.4. The normalized spacial score (nSPS) is 12.0. The molecule has 3 rings (SSSR count). The molecule has 0 unspecified atom stereocenters. The number of nitrogens with zero attached hydrogens (tertiary/aromatic N) is 1. The molecule has 0 saturated heterocycles. The lowest BCUT2D eigenvalue weighted by molar-refractivity contribution is -0.166. The van der Waals surface area contributed by atoms with Gasteiger partial charge in [-0.15, -0.1) is 0 Å². The second-order valence-electron chi connectivity index (χ2n) is 10.1. The van der Waals surface area contributed by atoms with Gasteiger partial charge in [0.1, 0.15) is 11.4 Å². The lowest BCUT2D eigenvalue weighted by Gasteiger charge is -2.26. The summed E-state index contributed by atoms with van der Waals surface area (Å²) in [5.41, 5.74) is 3.16. The van der Waals surface area contributed by atoms with Crippen molar-refractivity contribution in [3.63, 3.8) is 0 Å². The summed E-state index contributed by atoms with van der Waals surface area (Å²) in [6.07, 6.45) is -1.78. The molecule has 3 aromatic carbocycles. The molecular formula is C30H30ClFN2O7. The van der Waals surface area contributed by atoms with E-state index in [0.29, 0.717) is 27.3 Å². The number of hydrogen-bond donors (Lipinski definition) is 2. The number of aliphatic hydroxyl groups is 1. The number of carbonyl (C=O) groups is 4. The fraction of sp³-hybridized carbons (Fsp3) is 0.267. The van der Waals surface area contributed by atoms with E-state index in [2.05, 4.69) is 5.43 Å². The van der Waals surface area contributed by atoms with Crippen LogP contribution in [-0.4, -0.2) is 58.6 Å². The third-order valence-corrected chi connectivity index (χ3v) is 5.75. The van der Waals surface area contributed by atoms with Crippen molar-refractivity contribution in [3.05, 3.63) is 94.8 Å². The summed E-state index contributed by atoms with van der Waals surface area (Å²) in [4.78, 5) is 49.4. The van der Waals surface area contributed by atoms with Crippen molar-refractivity contribution < 1.29 is 38.1 Å². The van der Waals surface area contributed by atoms with Crippen LogP contribution in [-0.2, 0) is 30.4 Å². The predicted octanol–water partition coefficient (Wildman–Crippen LogP) is 4.11. The fourth-order valence-electron chi connectivity index (χ4n) is 3.62. The molecular weight excluding hydrogens is 555 g/mol. The standard InChI is InChI=1S/C30H30ClFN2O7/c1-30(2,3)41-29(39)27(37)33-34(17-25(35)28(38)40-18-26(36)21-7-5-4-6-8-21)16-19-9-11-20(12-10-19)23-15-22(31)13-14-24(23)32/h4-15,25,35H,16-18H2,1-3H3,(H,33,37)/t25-/m1/s1. The molecule has 0 fully saturated rings. The number of ether oxygens (including phenoxy) is 2. The van der Waals surface area contributed by atoms with Gasteiger partial charge in [-0.3, -0.25) is 15.0 Å². The average Bonchev–Trinajstić information content (AvgIpc) is 2.92. The molecule has 0 saturated carbocycles. The maximum absolute atomic E-state index is 14.3. The van der Waals surface area contributed by atoms with Gasteiger partial charge >= 0.3 is 17.8 Å². The number of halogens is 2. The van der Waals surface area contributed by atoms with Crippen LogP contribution in [0.4, 0.5) is 4.39 Å². The lowest BCUT2D eigenvalue weighted by atomic mass is 10.0. The Morgan fingerprint density at radius 2 is 1.66 bits per heavy atom. The van der Waals surface area contributed by atoms with Gasteiger partial charge in [0.05, 0.1) is 6.54 Å². The number of amides is 1. The molecule has 0 aliphatic carbocycles. The smallest absolute Gasteiger partial charge is 0.398 e. The Hall–Kier alpha value is -4.12. The summed E-state index contributed by atoms with van der Waals surface area (Å²) in [6.45, 7) is 3.63. The van der Waals surface area contributed by atoms with Gasteiger partial charge in [0.2, 0.25) is 0 Å². The first-order valence-electron chi connectivity index (χ1n) is 12.6. The molecule has 0 aliphatic rings. The molecule has 2 N–H and O–H groups in total. The number of hydrogen-bond acceptors (Lipinski definition) is 8. The van der Waals surface area contributed by atoms with Crippen LogP contribution in [0.3, 0.4) is 0 Å². The summed E-state index contributed by atoms with van der Waals surface area (Å²) in [6, 6.07) is 18.9. The minimum atomic E-state index is -1.78. The van der Waals surface area contributed by atoms with Gasteiger partial charge in [0.25, 0.3) is 0 Å². The first-order valence-corrected chi connectivity index (χ1v) is 13.0. The summed E-state index contributed by atoms with van der Waals surface area (Å²) < 4.78 is 24.3. The number of aliphatic hydroxyl groups excluding tert-OH is 1. The second kappa shape index (κ2) is 14.0. The van der Waals surface area contributed by atoms with E-state index in [-0.39, 0.29) is 6.54 Å². The van der Waals surface area contributed by atoms with Gasteiger partial charge in [-0.05, 0) is 50.1 Å². The molecule has 1 atom stereocenters. The van der Waals surface area contributed by atoms with Crippen molar-refractivity contribution in [1.29, 1.82) is 0 Å². The summed E-state index contributed by atoms with van der Waals surface area (Å²) in [7, 11) is 0. The number of nitrogens with one attached hydrogen (secondary N) is 1. The van der Waals surface area contributed by atoms with Crippen molar-refractivity contribution in [2.24, 2.45) is 0 Å². The molecule has 0 aliphatic heterocycles. The Morgan fingerprint density at radius 1 is 1.00 bits per heavy atom. The van der Waals surface area contributed by atoms with Gasteiger partial charge in [-0.1, -0.05) is 66.2 Å². The largest absolute Gasteiger partial charge is 0.455 e. The van der Waals surface area contributed by atoms with Crippen LogP contribution in [0.1, 0.15) is 36.7 Å². The van der Waals surface area contributed by atoms with E-state index in [0.717, 1.165) is 5.01 Å². The van der Waals surface area contributed by atoms with Crippen molar-refractivity contribution in [2.75, 3.05) is 13.2 Å². The maximum Gasteiger partial charge on any atom is 0.398 e. The molecule has 0 heterocycles. The zero-order valence-corrected chi connectivity index (χ0v) is 23.5. The molecule has 0 spiro atoms. The Balaban J connectivity index is 1.71. The van der Waals surface area contributed by atoms with Crippen LogP contribution in [0.25, 0.3) is 11.1 Å². The van der Waals surface area contributed by atoms with Crippen molar-refractivity contribution in [1.82, 2.24) is 10.4 Å². The molecule has 3 aromatic rings. The summed E-state index contributed by atoms with van der Waals surface area (Å²) in [5.74, 6) is -4.31. The van der Waals surface area contributed by atoms with Crippen LogP contribution < -0.4 is 5.43 Å². The van der Waals surface area contributed by atoms with E-state index in [4.69, 9.17) is 21.1 Å². The topological polar surface area (TPSA) is 122 Å². The number of benzene rings is 3. The van der Waals surface area contributed by atoms with Gasteiger partial charge in [-0.2, -0.15) is 0 Å². The number of esters is 2. The van der Waals surface area contributed by atoms with E-state index in [1.807, 2.05) is 0 Å². The highest BCUT2D eigenvalue weighted by molar-refractivity contribution is 6.32. The minimum absolute atomic E-state index is 0.0693. The fourth-order valence-corrected chi connectivity index (χ4v) is 3.79. The van der Waals surface area contributed by atoms with E-state index >= 15 is 0 Å². The van der Waals surface area contributed by atoms with Crippen molar-refractivity contribution in [2.45, 2.75) is 39.0 Å². The average molecular weight is 585 g/mol. The molecule has 41 heavy (non-hydrogen) atoms. The molecule has 1 amide bonds. The Labute approximate surface area is 241 Å². The summed E-state index contributed by atoms with van der Waals surface area (Å²) in [5, 5.41) is 12.0. The lowest BCUT2D eigenvalue weighted by Crippen LogP contribution is -2.50. The molecule has 11 heteroatoms. The van der Waals surface area contributed by atoms with E-state index in [9.17, 15) is 28.7 Å². The van der Waals surface area contributed by atoms with Crippen LogP contribution in [0.15, 0.2) is 72.8 Å². The zero-order valence-electron chi connectivity index (χ0n) is 22.7. The number of ketones is 1. The molecule has 216 valence electrons. The SMILES string of the molecule is CC(C)(C)OC(=O)C(=O)NN(Cc1ccc(-c2cc(Cl)ccc2F)cc1)C[C@@H](O)C(=O)OCC(=O)c1ccccc1. The Kier molecular flexibility index (Phi) is 10.7. The molecule has 9 nitrogen and oxygen atoms in total. The van der Waals surface area contributed by atoms with Gasteiger partial charge in [0, 0.05) is 22.7 Å². The van der Waals surface area contributed by atoms with Gasteiger partial charge in [0.15, 0.2) is 18.5 Å². The quantitative estimate of drug-likeness (QED) is 0.158. The van der Waals surface area contributed by atoms with E-state index < -0.39 is 54.3 Å². The maximum atomic E-state index is 14.3. The molecule has 0 aromatic heterocycles. The van der Waals surface area contributed by atoms with Crippen molar-refractivity contribution in [3.8, 4) is 11.1 Å². The number of hydrazine groups is 1. The monoisotopic (exact) mass is 584 g/mol. The molecule has 0 bridgehead atoms. The third kappa shape index (κ3) is 9.78. The number of Topliss-reactive ketones (excluding diaryl/α,β-unsaturated/α-hetero) is 1. The van der Waals surface area contributed by atoms with E-state index in [1.165, 1.54) is 18.2 Å². The van der Waals surface area contributed by atoms with Crippen LogP contribution >= 0.6 is 11.6 Å². The van der Waals surface area contributed by atoms with Gasteiger partial charge in [-0.25, -0.2) is 19.0 Å². The highest BCUT2D eigenvalue weighted by Crippen LogP contribution is 2.26.